The van der Waals surface area contributed by atoms with Gasteiger partial charge in [-0.05, 0) is 50.1 Å². The van der Waals surface area contributed by atoms with Gasteiger partial charge in [-0.2, -0.15) is 0 Å². The maximum absolute atomic E-state index is 3.74. The number of nitrogens with one attached hydrogen (secondary N) is 1. The highest BCUT2D eigenvalue weighted by atomic mass is 32.1. The first-order chi connectivity index (χ1) is 9.84. The monoisotopic (exact) mass is 310 g/mol. The fourth-order valence-corrected chi connectivity index (χ4v) is 3.31. The van der Waals surface area contributed by atoms with Gasteiger partial charge in [0.1, 0.15) is 0 Å². The van der Waals surface area contributed by atoms with E-state index in [2.05, 4.69) is 69.3 Å². The summed E-state index contributed by atoms with van der Waals surface area (Å²) in [6.45, 7) is 17.3. The molecule has 2 nitrogen and oxygen atoms in total. The third kappa shape index (κ3) is 6.94. The van der Waals surface area contributed by atoms with Crippen molar-refractivity contribution in [3.05, 3.63) is 22.4 Å². The molecule has 0 radical (unpaired) electrons. The van der Waals surface area contributed by atoms with E-state index in [1.807, 2.05) is 11.3 Å². The molecule has 1 aromatic rings. The lowest BCUT2D eigenvalue weighted by atomic mass is 9.84. The minimum atomic E-state index is 0.320. The van der Waals surface area contributed by atoms with Crippen molar-refractivity contribution in [1.29, 1.82) is 0 Å². The predicted octanol–water partition coefficient (Wildman–Crippen LogP) is 4.76. The zero-order valence-corrected chi connectivity index (χ0v) is 15.6. The molecule has 0 amide bonds. The quantitative estimate of drug-likeness (QED) is 0.707. The zero-order chi connectivity index (χ0) is 15.9. The van der Waals surface area contributed by atoms with Crippen molar-refractivity contribution in [1.82, 2.24) is 10.2 Å². The van der Waals surface area contributed by atoms with Gasteiger partial charge in [-0.3, -0.25) is 4.90 Å². The van der Waals surface area contributed by atoms with E-state index in [1.54, 1.807) is 0 Å². The average molecular weight is 311 g/mol. The van der Waals surface area contributed by atoms with Gasteiger partial charge in [-0.15, -0.1) is 11.3 Å². The molecule has 0 fully saturated rings. The van der Waals surface area contributed by atoms with Gasteiger partial charge in [0.2, 0.25) is 0 Å². The molecule has 0 bridgehead atoms. The van der Waals surface area contributed by atoms with E-state index in [4.69, 9.17) is 0 Å². The Kier molecular flexibility index (Phi) is 7.93. The summed E-state index contributed by atoms with van der Waals surface area (Å²) in [4.78, 5) is 4.07. The van der Waals surface area contributed by atoms with Gasteiger partial charge in [0.25, 0.3) is 0 Å². The van der Waals surface area contributed by atoms with E-state index >= 15 is 0 Å². The van der Waals surface area contributed by atoms with Gasteiger partial charge in [0, 0.05) is 30.1 Å². The highest BCUT2D eigenvalue weighted by Gasteiger charge is 2.24. The van der Waals surface area contributed by atoms with Gasteiger partial charge in [0.15, 0.2) is 0 Å². The second-order valence-corrected chi connectivity index (χ2v) is 8.34. The minimum Gasteiger partial charge on any atom is -0.313 e. The van der Waals surface area contributed by atoms with Crippen molar-refractivity contribution >= 4 is 11.3 Å². The summed E-state index contributed by atoms with van der Waals surface area (Å²) in [5, 5.41) is 5.91. The standard InChI is InChI=1S/C18H34N2S/c1-7-11-19-17(18(4,5)6)10-12-20(15(2)3)14-16-9-8-13-21-16/h8-9,13,15,17,19H,7,10-12,14H2,1-6H3. The summed E-state index contributed by atoms with van der Waals surface area (Å²) in [6.07, 6.45) is 2.42. The lowest BCUT2D eigenvalue weighted by Gasteiger charge is -2.35. The smallest absolute Gasteiger partial charge is 0.0330 e. The van der Waals surface area contributed by atoms with Gasteiger partial charge in [-0.25, -0.2) is 0 Å². The van der Waals surface area contributed by atoms with Crippen molar-refractivity contribution < 1.29 is 0 Å². The number of thiophene rings is 1. The molecule has 1 rings (SSSR count). The molecule has 1 atom stereocenters. The third-order valence-corrected chi connectivity index (χ3v) is 4.92. The van der Waals surface area contributed by atoms with Crippen LogP contribution in [-0.4, -0.2) is 30.1 Å². The summed E-state index contributed by atoms with van der Waals surface area (Å²) in [6, 6.07) is 5.58. The number of nitrogens with zero attached hydrogens (tertiary/aromatic N) is 1. The summed E-state index contributed by atoms with van der Waals surface area (Å²) in [5.41, 5.74) is 0.320. The maximum atomic E-state index is 3.74. The van der Waals surface area contributed by atoms with Crippen molar-refractivity contribution in [2.75, 3.05) is 13.1 Å². The van der Waals surface area contributed by atoms with Crippen LogP contribution in [0.25, 0.3) is 0 Å². The second kappa shape index (κ2) is 8.92. The Hall–Kier alpha value is -0.380. The summed E-state index contributed by atoms with van der Waals surface area (Å²) in [5.74, 6) is 0. The Bertz CT molecular complexity index is 365. The number of rotatable bonds is 9. The molecular weight excluding hydrogens is 276 g/mol. The minimum absolute atomic E-state index is 0.320. The molecule has 1 unspecified atom stereocenters. The zero-order valence-electron chi connectivity index (χ0n) is 14.8. The normalized spacial score (nSPS) is 14.1. The molecule has 0 aliphatic rings. The Morgan fingerprint density at radius 3 is 2.48 bits per heavy atom. The van der Waals surface area contributed by atoms with Crippen molar-refractivity contribution in [3.8, 4) is 0 Å². The van der Waals surface area contributed by atoms with Crippen LogP contribution in [-0.2, 0) is 6.54 Å². The largest absolute Gasteiger partial charge is 0.313 e. The van der Waals surface area contributed by atoms with Crippen LogP contribution in [0.5, 0.6) is 0 Å². The fourth-order valence-electron chi connectivity index (χ4n) is 2.58. The van der Waals surface area contributed by atoms with E-state index in [0.717, 1.165) is 19.6 Å². The van der Waals surface area contributed by atoms with Crippen LogP contribution in [0.1, 0.15) is 59.3 Å². The molecule has 1 heterocycles. The van der Waals surface area contributed by atoms with Crippen LogP contribution < -0.4 is 5.32 Å². The van der Waals surface area contributed by atoms with Crippen molar-refractivity contribution in [2.45, 2.75) is 73.0 Å². The third-order valence-electron chi connectivity index (χ3n) is 4.06. The molecule has 0 saturated heterocycles. The molecule has 1 aromatic heterocycles. The van der Waals surface area contributed by atoms with Crippen LogP contribution in [0.15, 0.2) is 17.5 Å². The molecule has 0 aliphatic heterocycles. The van der Waals surface area contributed by atoms with E-state index in [9.17, 15) is 0 Å². The molecule has 0 saturated carbocycles. The van der Waals surface area contributed by atoms with Crippen LogP contribution in [0.2, 0.25) is 0 Å². The van der Waals surface area contributed by atoms with Crippen LogP contribution in [0.4, 0.5) is 0 Å². The number of hydrogen-bond donors (Lipinski definition) is 1. The fraction of sp³-hybridized carbons (Fsp3) is 0.778. The van der Waals surface area contributed by atoms with Gasteiger partial charge < -0.3 is 5.32 Å². The summed E-state index contributed by atoms with van der Waals surface area (Å²) >= 11 is 1.87. The molecule has 122 valence electrons. The summed E-state index contributed by atoms with van der Waals surface area (Å²) < 4.78 is 0. The van der Waals surface area contributed by atoms with Crippen molar-refractivity contribution in [2.24, 2.45) is 5.41 Å². The first kappa shape index (κ1) is 18.7. The molecule has 3 heteroatoms. The molecule has 21 heavy (non-hydrogen) atoms. The highest BCUT2D eigenvalue weighted by Crippen LogP contribution is 2.23. The molecular formula is C18H34N2S. The number of hydrogen-bond acceptors (Lipinski definition) is 3. The summed E-state index contributed by atoms with van der Waals surface area (Å²) in [7, 11) is 0. The van der Waals surface area contributed by atoms with E-state index in [-0.39, 0.29) is 0 Å². The highest BCUT2D eigenvalue weighted by molar-refractivity contribution is 7.09. The average Bonchev–Trinajstić information content (AvgIpc) is 2.88. The lowest BCUT2D eigenvalue weighted by Crippen LogP contribution is -2.44. The second-order valence-electron chi connectivity index (χ2n) is 7.30. The predicted molar refractivity (Wildman–Crippen MR) is 96.0 cm³/mol. The molecule has 1 N–H and O–H groups in total. The van der Waals surface area contributed by atoms with Crippen LogP contribution in [0, 0.1) is 5.41 Å². The van der Waals surface area contributed by atoms with E-state index < -0.39 is 0 Å². The molecule has 0 aromatic carbocycles. The Balaban J connectivity index is 2.56. The SMILES string of the molecule is CCCNC(CCN(Cc1cccs1)C(C)C)C(C)(C)C. The van der Waals surface area contributed by atoms with Gasteiger partial charge in [0.05, 0.1) is 0 Å². The van der Waals surface area contributed by atoms with E-state index in [1.165, 1.54) is 17.7 Å². The maximum Gasteiger partial charge on any atom is 0.0330 e. The first-order valence-electron chi connectivity index (χ1n) is 8.34. The first-order valence-corrected chi connectivity index (χ1v) is 9.22. The molecule has 0 aliphatic carbocycles. The molecule has 0 spiro atoms. The Morgan fingerprint density at radius 1 is 1.29 bits per heavy atom. The van der Waals surface area contributed by atoms with E-state index in [0.29, 0.717) is 17.5 Å². The lowest BCUT2D eigenvalue weighted by molar-refractivity contribution is 0.173. The van der Waals surface area contributed by atoms with Gasteiger partial charge in [-0.1, -0.05) is 33.8 Å². The van der Waals surface area contributed by atoms with Gasteiger partial charge >= 0.3 is 0 Å². The topological polar surface area (TPSA) is 15.3 Å². The van der Waals surface area contributed by atoms with Crippen LogP contribution >= 0.6 is 11.3 Å². The Labute approximate surface area is 135 Å². The van der Waals surface area contributed by atoms with Crippen LogP contribution in [0.3, 0.4) is 0 Å². The van der Waals surface area contributed by atoms with Crippen molar-refractivity contribution in [3.63, 3.8) is 0 Å². The Morgan fingerprint density at radius 2 is 2.00 bits per heavy atom.